The van der Waals surface area contributed by atoms with E-state index in [2.05, 4.69) is 65.0 Å². The average Bonchev–Trinajstić information content (AvgIpc) is 1.31. The number of thiazole rings is 1. The number of alkyl carbamates (subject to hydrolysis) is 1. The molecule has 5 amide bonds. The lowest BCUT2D eigenvalue weighted by molar-refractivity contribution is -0.189. The number of nitrogens with zero attached hydrogens (tertiary/aromatic N) is 5. The largest absolute Gasteiger partial charge is 0.491 e. The molecule has 3 aliphatic heterocycles. The lowest BCUT2D eigenvalue weighted by Crippen LogP contribution is -2.58. The average molecular weight is 1350 g/mol. The van der Waals surface area contributed by atoms with Crippen LogP contribution >= 0.6 is 11.3 Å². The molecule has 3 aromatic carbocycles. The van der Waals surface area contributed by atoms with Gasteiger partial charge >= 0.3 is 18.0 Å². The first-order valence-electron chi connectivity index (χ1n) is 32.3. The smallest absolute Gasteiger partial charge is 0.407 e. The lowest BCUT2D eigenvalue weighted by Gasteiger charge is -2.61. The lowest BCUT2D eigenvalue weighted by atomic mass is 9.48. The highest BCUT2D eigenvalue weighted by molar-refractivity contribution is 7.22. The van der Waals surface area contributed by atoms with Crippen molar-refractivity contribution in [2.45, 2.75) is 136 Å². The van der Waals surface area contributed by atoms with Crippen molar-refractivity contribution >= 4 is 86.0 Å². The number of aliphatic hydroxyl groups is 2. The monoisotopic (exact) mass is 1350 g/mol. The van der Waals surface area contributed by atoms with E-state index in [0.29, 0.717) is 81.7 Å². The summed E-state index contributed by atoms with van der Waals surface area (Å²) in [6.45, 7) is 12.2. The van der Waals surface area contributed by atoms with Crippen molar-refractivity contribution in [2.75, 3.05) is 69.4 Å². The number of amides is 5. The summed E-state index contributed by atoms with van der Waals surface area (Å²) in [7, 11) is 0. The summed E-state index contributed by atoms with van der Waals surface area (Å²) < 4.78 is 31.0. The van der Waals surface area contributed by atoms with Gasteiger partial charge < -0.3 is 70.4 Å². The molecule has 27 heteroatoms. The molecule has 3 fully saturated rings. The molecule has 5 aromatic rings. The Morgan fingerprint density at radius 1 is 0.866 bits per heavy atom. The second-order valence-electron chi connectivity index (χ2n) is 27.1. The molecule has 0 radical (unpaired) electrons. The molecule has 5 heterocycles. The van der Waals surface area contributed by atoms with Crippen molar-refractivity contribution in [3.05, 3.63) is 129 Å². The number of carboxylic acids is 2. The Hall–Kier alpha value is -9.17. The minimum Gasteiger partial charge on any atom is -0.491 e. The Bertz CT molecular complexity index is 3920. The fourth-order valence-corrected chi connectivity index (χ4v) is 16.0. The first kappa shape index (κ1) is 70.6. The molecule has 2 aliphatic carbocycles. The molecule has 2 saturated carbocycles. The number of allylic oxidation sites excluding steroid dienone is 2. The number of hydrogen-bond donors (Lipinski definition) is 9. The summed E-state index contributed by atoms with van der Waals surface area (Å²) in [6, 6.07) is 21.5. The number of aliphatic carboxylic acids is 1. The number of ether oxygens (including phenoxy) is 5. The number of aromatic nitrogens is 2. The Morgan fingerprint density at radius 2 is 1.63 bits per heavy atom. The summed E-state index contributed by atoms with van der Waals surface area (Å²) in [5.41, 5.74) is 3.81. The van der Waals surface area contributed by atoms with E-state index >= 15 is 0 Å². The number of aromatic carboxylic acids is 1. The number of nitrogens with one attached hydrogen (secondary N) is 5. The fraction of sp³-hybridized carbons (Fsp3) is 0.471. The van der Waals surface area contributed by atoms with Crippen LogP contribution in [0, 0.1) is 33.0 Å². The van der Waals surface area contributed by atoms with Crippen molar-refractivity contribution in [2.24, 2.45) is 16.2 Å². The van der Waals surface area contributed by atoms with Crippen LogP contribution in [-0.4, -0.2) is 172 Å². The number of imide groups is 1. The third-order valence-corrected chi connectivity index (χ3v) is 19.4. The molecule has 97 heavy (non-hydrogen) atoms. The van der Waals surface area contributed by atoms with Crippen molar-refractivity contribution < 1.29 is 77.7 Å². The number of nitriles is 1. The van der Waals surface area contributed by atoms with Gasteiger partial charge in [0.2, 0.25) is 5.91 Å². The molecule has 5 aliphatic rings. The molecule has 26 nitrogen and oxygen atoms in total. The Labute approximate surface area is 564 Å². The van der Waals surface area contributed by atoms with Crippen molar-refractivity contribution in [1.29, 1.82) is 10.7 Å². The fourth-order valence-electron chi connectivity index (χ4n) is 15.1. The molecule has 514 valence electrons. The van der Waals surface area contributed by atoms with Crippen LogP contribution in [0.25, 0.3) is 15.8 Å². The molecule has 3 unspecified atom stereocenters. The van der Waals surface area contributed by atoms with Gasteiger partial charge in [-0.1, -0.05) is 63.3 Å². The maximum Gasteiger partial charge on any atom is 0.407 e. The number of anilines is 2. The van der Waals surface area contributed by atoms with E-state index < -0.39 is 59.9 Å². The van der Waals surface area contributed by atoms with Crippen LogP contribution in [-0.2, 0) is 64.1 Å². The summed E-state index contributed by atoms with van der Waals surface area (Å²) in [5, 5.41) is 72.6. The summed E-state index contributed by atoms with van der Waals surface area (Å²) in [5.74, 6) is -3.61. The number of aliphatic hydroxyl groups excluding tert-OH is 2. The maximum atomic E-state index is 13.9. The number of carbonyl (C=O) groups excluding carboxylic acids is 5. The van der Waals surface area contributed by atoms with E-state index in [0.717, 1.165) is 64.7 Å². The van der Waals surface area contributed by atoms with E-state index in [4.69, 9.17) is 29.1 Å². The number of para-hydroxylation sites is 1. The highest BCUT2D eigenvalue weighted by atomic mass is 32.1. The topological polar surface area (TPSA) is 375 Å². The van der Waals surface area contributed by atoms with Gasteiger partial charge in [-0.2, -0.15) is 5.26 Å². The second kappa shape index (κ2) is 30.1. The maximum absolute atomic E-state index is 13.9. The zero-order valence-electron chi connectivity index (χ0n) is 54.9. The molecular weight excluding hydrogens is 1270 g/mol. The second-order valence-corrected chi connectivity index (χ2v) is 28.1. The number of benzene rings is 3. The van der Waals surface area contributed by atoms with Gasteiger partial charge in [0.05, 0.1) is 59.5 Å². The van der Waals surface area contributed by atoms with Crippen LogP contribution in [0.2, 0.25) is 0 Å². The van der Waals surface area contributed by atoms with Crippen LogP contribution in [0.1, 0.15) is 134 Å². The van der Waals surface area contributed by atoms with E-state index in [1.807, 2.05) is 36.1 Å². The predicted molar refractivity (Wildman–Crippen MR) is 357 cm³/mol. The van der Waals surface area contributed by atoms with Crippen LogP contribution < -0.4 is 30.9 Å². The molecule has 10 rings (SSSR count). The highest BCUT2D eigenvalue weighted by Gasteiger charge is 2.58. The SMILES string of the molecule is C/C(NCC1(C)CC2(C)CC(C)(C)CC(OCCNC(=O)OCc3ccc(C[C@@H]4O[C@H](C(=O)O)C[C@H](O)[C@@H]4O)cc3OCCOCCNC(=O)CCN3C(=O)C=CC3=O)(C1)C2)=C(/C=N)c1ccc(N2CCc3c(C#N)ccc(C(=O)Nc4nc5ccccc5s4)c3C2)nc1C(=O)O. The molecular formula is C70H82N10O16S. The van der Waals surface area contributed by atoms with Crippen LogP contribution in [0.3, 0.4) is 0 Å². The molecule has 0 spiro atoms. The number of hydrogen-bond acceptors (Lipinski definition) is 21. The zero-order chi connectivity index (χ0) is 69.4. The third-order valence-electron chi connectivity index (χ3n) is 18.4. The van der Waals surface area contributed by atoms with Crippen LogP contribution in [0.4, 0.5) is 15.7 Å². The predicted octanol–water partition coefficient (Wildman–Crippen LogP) is 7.08. The van der Waals surface area contributed by atoms with Crippen molar-refractivity contribution in [1.82, 2.24) is 30.8 Å². The summed E-state index contributed by atoms with van der Waals surface area (Å²) >= 11 is 1.35. The quantitative estimate of drug-likeness (QED) is 0.0137. The van der Waals surface area contributed by atoms with Gasteiger partial charge in [0, 0.05) is 105 Å². The van der Waals surface area contributed by atoms with Crippen molar-refractivity contribution in [3.8, 4) is 11.8 Å². The number of rotatable bonds is 28. The number of carboxylic acid groups (broad SMARTS) is 2. The van der Waals surface area contributed by atoms with Crippen LogP contribution in [0.15, 0.2) is 84.6 Å². The van der Waals surface area contributed by atoms with Gasteiger partial charge in [0.1, 0.15) is 30.9 Å². The first-order chi connectivity index (χ1) is 46.2. The van der Waals surface area contributed by atoms with E-state index in [9.17, 15) is 59.2 Å². The normalized spacial score (nSPS) is 23.6. The van der Waals surface area contributed by atoms with Gasteiger partial charge in [0.15, 0.2) is 16.9 Å². The number of pyridine rings is 1. The molecule has 7 atom stereocenters. The van der Waals surface area contributed by atoms with Gasteiger partial charge in [-0.25, -0.2) is 24.4 Å². The van der Waals surface area contributed by atoms with Gasteiger partial charge in [-0.15, -0.1) is 0 Å². The standard InChI is InChI=1S/C70H82N10O16S/c1-41(48(32-72)46-14-15-56(77-60(46)64(89)90)79-22-18-45-43(31-71)12-13-47(49(45)33-79)62(86)78-65-76-50-8-6-7-9-55(50)97-65)75-40-69(5)37-68(4)35-67(2,3)36-70(38-68,39-69)95-25-21-74-66(91)94-34-44-11-10-42(29-53-61(85)51(81)30-54(96-53)63(87)88)28-52(44)93-27-26-92-24-20-73-57(82)19-23-80-58(83)16-17-59(80)84/h6-17,28,32,51,53-54,61,72,75,81,85H,18-27,29-30,33-40H2,1-5H3,(H,73,82)(H,74,91)(H,87,88)(H,89,90)(H,76,78,86)/b48-41+,72-32?/t51-,53-,54-,61-,68?,69?,70?/m0/s1. The van der Waals surface area contributed by atoms with Crippen LogP contribution in [0.5, 0.6) is 5.75 Å². The first-order valence-corrected chi connectivity index (χ1v) is 33.2. The summed E-state index contributed by atoms with van der Waals surface area (Å²) in [6.07, 6.45) is 1.73. The molecule has 1 saturated heterocycles. The number of carbonyl (C=O) groups is 7. The van der Waals surface area contributed by atoms with Gasteiger partial charge in [0.25, 0.3) is 17.7 Å². The van der Waals surface area contributed by atoms with E-state index in [-0.39, 0.29) is 118 Å². The third kappa shape index (κ3) is 17.2. The Morgan fingerprint density at radius 3 is 2.37 bits per heavy atom. The minimum absolute atomic E-state index is 0.0112. The summed E-state index contributed by atoms with van der Waals surface area (Å²) in [4.78, 5) is 100. The Balaban J connectivity index is 0.749. The van der Waals surface area contributed by atoms with Gasteiger partial charge in [-0.3, -0.25) is 29.4 Å². The van der Waals surface area contributed by atoms with E-state index in [1.165, 1.54) is 11.3 Å². The number of fused-ring (bicyclic) bond motifs is 4. The zero-order valence-corrected chi connectivity index (χ0v) is 55.7. The minimum atomic E-state index is -1.36. The molecule has 9 N–H and O–H groups in total. The van der Waals surface area contributed by atoms with Crippen molar-refractivity contribution in [3.63, 3.8) is 0 Å². The van der Waals surface area contributed by atoms with E-state index in [1.54, 1.807) is 42.5 Å². The van der Waals surface area contributed by atoms with Gasteiger partial charge in [-0.05, 0) is 121 Å². The molecule has 2 aromatic heterocycles. The molecule has 2 bridgehead atoms. The Kier molecular flexibility index (Phi) is 21.9. The highest BCUT2D eigenvalue weighted by Crippen LogP contribution is 2.63.